The van der Waals surface area contributed by atoms with Crippen molar-refractivity contribution < 1.29 is 4.79 Å². The summed E-state index contributed by atoms with van der Waals surface area (Å²) in [4.78, 5) is 13.6. The Hall–Kier alpha value is -2.63. The Morgan fingerprint density at radius 1 is 1.35 bits per heavy atom. The van der Waals surface area contributed by atoms with Crippen molar-refractivity contribution in [3.05, 3.63) is 47.3 Å². The zero-order valence-electron chi connectivity index (χ0n) is 14.3. The number of aromatic nitrogens is 3. The van der Waals surface area contributed by atoms with Crippen molar-refractivity contribution in [2.45, 2.75) is 30.8 Å². The van der Waals surface area contributed by atoms with Gasteiger partial charge in [0.1, 0.15) is 6.07 Å². The van der Waals surface area contributed by atoms with E-state index >= 15 is 0 Å². The standard InChI is InChI=1S/C18H17N5OS2/c1-3-23-16(15-9-6-10-25-15)21-22-18(23)26-12(2)17(24)20-14-8-5-4-7-13(14)11-19/h4-10,12H,3H2,1-2H3,(H,20,24)/t12-/m1/s1. The maximum absolute atomic E-state index is 12.5. The van der Waals surface area contributed by atoms with Crippen LogP contribution in [0.15, 0.2) is 46.9 Å². The first kappa shape index (κ1) is 18.2. The molecule has 1 N–H and O–H groups in total. The van der Waals surface area contributed by atoms with E-state index in [0.29, 0.717) is 23.0 Å². The predicted molar refractivity (Wildman–Crippen MR) is 104 cm³/mol. The molecule has 1 amide bonds. The monoisotopic (exact) mass is 383 g/mol. The van der Waals surface area contributed by atoms with Gasteiger partial charge in [-0.2, -0.15) is 5.26 Å². The van der Waals surface area contributed by atoms with Gasteiger partial charge in [-0.3, -0.25) is 4.79 Å². The summed E-state index contributed by atoms with van der Waals surface area (Å²) in [5.74, 6) is 0.633. The average Bonchev–Trinajstić information content (AvgIpc) is 3.31. The Labute approximate surface area is 159 Å². The highest BCUT2D eigenvalue weighted by Gasteiger charge is 2.21. The van der Waals surface area contributed by atoms with E-state index in [0.717, 1.165) is 10.7 Å². The van der Waals surface area contributed by atoms with E-state index in [1.807, 2.05) is 35.9 Å². The van der Waals surface area contributed by atoms with Crippen LogP contribution in [-0.2, 0) is 11.3 Å². The lowest BCUT2D eigenvalue weighted by atomic mass is 10.2. The number of thiophene rings is 1. The van der Waals surface area contributed by atoms with Gasteiger partial charge in [-0.15, -0.1) is 21.5 Å². The molecule has 0 saturated heterocycles. The third kappa shape index (κ3) is 3.79. The Balaban J connectivity index is 1.75. The number of amides is 1. The van der Waals surface area contributed by atoms with E-state index in [2.05, 4.69) is 21.6 Å². The van der Waals surface area contributed by atoms with Gasteiger partial charge in [0.2, 0.25) is 5.91 Å². The van der Waals surface area contributed by atoms with Crippen LogP contribution in [0.25, 0.3) is 10.7 Å². The lowest BCUT2D eigenvalue weighted by molar-refractivity contribution is -0.115. The van der Waals surface area contributed by atoms with E-state index < -0.39 is 0 Å². The molecule has 8 heteroatoms. The largest absolute Gasteiger partial charge is 0.324 e. The van der Waals surface area contributed by atoms with E-state index in [4.69, 9.17) is 5.26 Å². The molecule has 2 aromatic heterocycles. The maximum atomic E-state index is 12.5. The molecule has 2 heterocycles. The molecule has 0 bridgehead atoms. The minimum atomic E-state index is -0.382. The summed E-state index contributed by atoms with van der Waals surface area (Å²) in [5.41, 5.74) is 0.957. The first-order chi connectivity index (χ1) is 12.6. The summed E-state index contributed by atoms with van der Waals surface area (Å²) in [6, 6.07) is 13.0. The second-order valence-corrected chi connectivity index (χ2v) is 7.69. The minimum absolute atomic E-state index is 0.180. The van der Waals surface area contributed by atoms with Gasteiger partial charge in [-0.1, -0.05) is 30.0 Å². The Morgan fingerprint density at radius 3 is 2.85 bits per heavy atom. The van der Waals surface area contributed by atoms with Crippen LogP contribution in [0.3, 0.4) is 0 Å². The molecule has 3 aromatic rings. The van der Waals surface area contributed by atoms with Crippen LogP contribution in [0.4, 0.5) is 5.69 Å². The van der Waals surface area contributed by atoms with E-state index in [9.17, 15) is 4.79 Å². The summed E-state index contributed by atoms with van der Waals surface area (Å²) < 4.78 is 2.00. The number of anilines is 1. The molecule has 0 aliphatic rings. The summed E-state index contributed by atoms with van der Waals surface area (Å²) >= 11 is 2.96. The second kappa shape index (κ2) is 8.17. The van der Waals surface area contributed by atoms with Gasteiger partial charge in [0.05, 0.1) is 21.4 Å². The molecule has 1 atom stereocenters. The number of nitrogens with zero attached hydrogens (tertiary/aromatic N) is 4. The predicted octanol–water partition coefficient (Wildman–Crippen LogP) is 4.02. The fourth-order valence-corrected chi connectivity index (χ4v) is 4.01. The smallest absolute Gasteiger partial charge is 0.237 e. The normalized spacial score (nSPS) is 11.7. The summed E-state index contributed by atoms with van der Waals surface area (Å²) in [5, 5.41) is 22.8. The zero-order chi connectivity index (χ0) is 18.5. The van der Waals surface area contributed by atoms with Crippen molar-refractivity contribution in [3.8, 4) is 16.8 Å². The number of carbonyl (C=O) groups excluding carboxylic acids is 1. The molecule has 0 spiro atoms. The molecule has 0 aliphatic carbocycles. The highest BCUT2D eigenvalue weighted by molar-refractivity contribution is 8.00. The lowest BCUT2D eigenvalue weighted by Gasteiger charge is -2.13. The fourth-order valence-electron chi connectivity index (χ4n) is 2.38. The van der Waals surface area contributed by atoms with Gasteiger partial charge in [-0.25, -0.2) is 0 Å². The molecule has 132 valence electrons. The molecule has 1 aromatic carbocycles. The molecule has 0 radical (unpaired) electrons. The number of rotatable bonds is 6. The van der Waals surface area contributed by atoms with Crippen molar-refractivity contribution in [1.82, 2.24) is 14.8 Å². The average molecular weight is 384 g/mol. The van der Waals surface area contributed by atoms with Crippen molar-refractivity contribution in [1.29, 1.82) is 5.26 Å². The van der Waals surface area contributed by atoms with Crippen LogP contribution in [-0.4, -0.2) is 25.9 Å². The minimum Gasteiger partial charge on any atom is -0.324 e. The lowest BCUT2D eigenvalue weighted by Crippen LogP contribution is -2.23. The number of nitriles is 1. The third-order valence-electron chi connectivity index (χ3n) is 3.73. The molecule has 0 aliphatic heterocycles. The number of thioether (sulfide) groups is 1. The number of nitrogens with one attached hydrogen (secondary N) is 1. The SMILES string of the molecule is CCn1c(S[C@H](C)C(=O)Nc2ccccc2C#N)nnc1-c1cccs1. The van der Waals surface area contributed by atoms with Crippen molar-refractivity contribution in [2.24, 2.45) is 0 Å². The van der Waals surface area contributed by atoms with Gasteiger partial charge in [0.15, 0.2) is 11.0 Å². The van der Waals surface area contributed by atoms with Gasteiger partial charge < -0.3 is 9.88 Å². The van der Waals surface area contributed by atoms with Crippen LogP contribution in [0.2, 0.25) is 0 Å². The van der Waals surface area contributed by atoms with Crippen molar-refractivity contribution >= 4 is 34.7 Å². The number of benzene rings is 1. The van der Waals surface area contributed by atoms with E-state index in [-0.39, 0.29) is 11.2 Å². The first-order valence-electron chi connectivity index (χ1n) is 8.07. The Bertz CT molecular complexity index is 943. The van der Waals surface area contributed by atoms with Crippen LogP contribution < -0.4 is 5.32 Å². The number of hydrogen-bond acceptors (Lipinski definition) is 6. The third-order valence-corrected chi connectivity index (χ3v) is 5.68. The number of para-hydroxylation sites is 1. The molecule has 0 saturated carbocycles. The Kier molecular flexibility index (Phi) is 5.71. The van der Waals surface area contributed by atoms with E-state index in [1.165, 1.54) is 11.8 Å². The first-order valence-corrected chi connectivity index (χ1v) is 9.83. The van der Waals surface area contributed by atoms with Crippen LogP contribution in [0, 0.1) is 11.3 Å². The van der Waals surface area contributed by atoms with Crippen molar-refractivity contribution in [2.75, 3.05) is 5.32 Å². The Morgan fingerprint density at radius 2 is 2.15 bits per heavy atom. The molecular formula is C18H17N5OS2. The topological polar surface area (TPSA) is 83.6 Å². The molecular weight excluding hydrogens is 366 g/mol. The summed E-state index contributed by atoms with van der Waals surface area (Å²) in [6.45, 7) is 4.56. The van der Waals surface area contributed by atoms with Gasteiger partial charge in [0, 0.05) is 6.54 Å². The van der Waals surface area contributed by atoms with Crippen LogP contribution >= 0.6 is 23.1 Å². The van der Waals surface area contributed by atoms with Gasteiger partial charge in [-0.05, 0) is 37.4 Å². The van der Waals surface area contributed by atoms with E-state index in [1.54, 1.807) is 35.6 Å². The molecule has 0 unspecified atom stereocenters. The molecule has 26 heavy (non-hydrogen) atoms. The second-order valence-electron chi connectivity index (χ2n) is 5.43. The number of hydrogen-bond donors (Lipinski definition) is 1. The maximum Gasteiger partial charge on any atom is 0.237 e. The zero-order valence-corrected chi connectivity index (χ0v) is 16.0. The molecule has 0 fully saturated rings. The summed E-state index contributed by atoms with van der Waals surface area (Å²) in [7, 11) is 0. The highest BCUT2D eigenvalue weighted by atomic mass is 32.2. The van der Waals surface area contributed by atoms with Crippen molar-refractivity contribution in [3.63, 3.8) is 0 Å². The van der Waals surface area contributed by atoms with Crippen LogP contribution in [0.1, 0.15) is 19.4 Å². The van der Waals surface area contributed by atoms with Gasteiger partial charge in [0.25, 0.3) is 0 Å². The van der Waals surface area contributed by atoms with Crippen LogP contribution in [0.5, 0.6) is 0 Å². The fraction of sp³-hybridized carbons (Fsp3) is 0.222. The molecule has 3 rings (SSSR count). The quantitative estimate of drug-likeness (QED) is 0.650. The highest BCUT2D eigenvalue weighted by Crippen LogP contribution is 2.29. The van der Waals surface area contributed by atoms with Gasteiger partial charge >= 0.3 is 0 Å². The number of carbonyl (C=O) groups is 1. The molecule has 6 nitrogen and oxygen atoms in total. The summed E-state index contributed by atoms with van der Waals surface area (Å²) in [6.07, 6.45) is 0.